The van der Waals surface area contributed by atoms with E-state index in [1.807, 2.05) is 0 Å². The van der Waals surface area contributed by atoms with Crippen LogP contribution in [0, 0.1) is 0 Å². The van der Waals surface area contributed by atoms with Gasteiger partial charge in [-0.2, -0.15) is 0 Å². The Labute approximate surface area is 133 Å². The largest absolute Gasteiger partial charge is 0.508 e. The highest BCUT2D eigenvalue weighted by Crippen LogP contribution is 2.10. The fraction of sp³-hybridized carbons (Fsp3) is 0.400. The molecule has 0 fully saturated rings. The number of hydrogen-bond donors (Lipinski definition) is 5. The average Bonchev–Trinajstić information content (AvgIpc) is 2.46. The van der Waals surface area contributed by atoms with Gasteiger partial charge in [-0.1, -0.05) is 12.1 Å². The van der Waals surface area contributed by atoms with Crippen molar-refractivity contribution in [2.24, 2.45) is 5.73 Å². The van der Waals surface area contributed by atoms with Gasteiger partial charge < -0.3 is 26.2 Å². The SMILES string of the molecule is N[C@@H](Cc1ccc(O)cc1)C(=O)O.O=C(O)CCCCC(=O)O. The second-order valence-corrected chi connectivity index (χ2v) is 4.81. The van der Waals surface area contributed by atoms with Gasteiger partial charge in [0.25, 0.3) is 0 Å². The van der Waals surface area contributed by atoms with E-state index in [0.717, 1.165) is 5.56 Å². The summed E-state index contributed by atoms with van der Waals surface area (Å²) in [5, 5.41) is 33.7. The van der Waals surface area contributed by atoms with Crippen LogP contribution in [0.2, 0.25) is 0 Å². The Kier molecular flexibility index (Phi) is 9.77. The standard InChI is InChI=1S/C9H11NO3.C6H10O4/c10-8(9(12)13)5-6-1-3-7(11)4-2-6;7-5(8)3-1-2-4-6(9)10/h1-4,8,11H,5,10H2,(H,12,13);1-4H2,(H,7,8)(H,9,10)/t8-;/m0./s1. The second kappa shape index (κ2) is 11.0. The molecule has 0 saturated heterocycles. The molecule has 0 unspecified atom stereocenters. The zero-order valence-corrected chi connectivity index (χ0v) is 12.5. The van der Waals surface area contributed by atoms with E-state index in [0.29, 0.717) is 12.8 Å². The molecule has 8 heteroatoms. The van der Waals surface area contributed by atoms with E-state index >= 15 is 0 Å². The maximum absolute atomic E-state index is 10.4. The molecule has 0 aliphatic rings. The van der Waals surface area contributed by atoms with Crippen LogP contribution in [0.15, 0.2) is 24.3 Å². The van der Waals surface area contributed by atoms with Gasteiger partial charge in [0.2, 0.25) is 0 Å². The van der Waals surface area contributed by atoms with Crippen molar-refractivity contribution in [3.8, 4) is 5.75 Å². The predicted molar refractivity (Wildman–Crippen MR) is 81.2 cm³/mol. The van der Waals surface area contributed by atoms with Crippen molar-refractivity contribution in [3.05, 3.63) is 29.8 Å². The Morgan fingerprint density at radius 2 is 1.35 bits per heavy atom. The fourth-order valence-electron chi connectivity index (χ4n) is 1.53. The third-order valence-electron chi connectivity index (χ3n) is 2.74. The number of phenols is 1. The monoisotopic (exact) mass is 327 g/mol. The second-order valence-electron chi connectivity index (χ2n) is 4.81. The number of phenolic OH excluding ortho intramolecular Hbond substituents is 1. The number of aliphatic carboxylic acids is 3. The van der Waals surface area contributed by atoms with Gasteiger partial charge in [-0.3, -0.25) is 14.4 Å². The molecule has 0 spiro atoms. The first kappa shape index (κ1) is 20.4. The molecule has 0 bridgehead atoms. The highest BCUT2D eigenvalue weighted by atomic mass is 16.4. The van der Waals surface area contributed by atoms with Crippen molar-refractivity contribution >= 4 is 17.9 Å². The molecule has 0 aliphatic carbocycles. The van der Waals surface area contributed by atoms with Crippen LogP contribution >= 0.6 is 0 Å². The summed E-state index contributed by atoms with van der Waals surface area (Å²) in [6, 6.07) is 5.42. The molecule has 6 N–H and O–H groups in total. The van der Waals surface area contributed by atoms with Gasteiger partial charge in [-0.25, -0.2) is 0 Å². The van der Waals surface area contributed by atoms with E-state index < -0.39 is 23.9 Å². The molecule has 0 amide bonds. The van der Waals surface area contributed by atoms with Gasteiger partial charge in [0.15, 0.2) is 0 Å². The summed E-state index contributed by atoms with van der Waals surface area (Å²) in [6.07, 6.45) is 1.29. The first-order chi connectivity index (χ1) is 10.7. The molecule has 1 rings (SSSR count). The number of nitrogens with two attached hydrogens (primary N) is 1. The molecular formula is C15H21NO7. The fourth-order valence-corrected chi connectivity index (χ4v) is 1.53. The summed E-state index contributed by atoms with van der Waals surface area (Å²) in [5.41, 5.74) is 6.12. The highest BCUT2D eigenvalue weighted by molar-refractivity contribution is 5.73. The van der Waals surface area contributed by atoms with Crippen LogP contribution in [0.4, 0.5) is 0 Å². The summed E-state index contributed by atoms with van der Waals surface area (Å²) < 4.78 is 0. The smallest absolute Gasteiger partial charge is 0.320 e. The van der Waals surface area contributed by atoms with Crippen LogP contribution in [-0.4, -0.2) is 44.4 Å². The highest BCUT2D eigenvalue weighted by Gasteiger charge is 2.11. The summed E-state index contributed by atoms with van der Waals surface area (Å²) in [4.78, 5) is 30.2. The molecule has 1 aromatic rings. The number of benzene rings is 1. The Hall–Kier alpha value is -2.61. The number of hydrogen-bond acceptors (Lipinski definition) is 5. The van der Waals surface area contributed by atoms with Crippen LogP contribution < -0.4 is 5.73 Å². The lowest BCUT2D eigenvalue weighted by molar-refractivity contribution is -0.139. The quantitative estimate of drug-likeness (QED) is 0.443. The molecule has 0 radical (unpaired) electrons. The predicted octanol–water partition coefficient (Wildman–Crippen LogP) is 1.06. The number of carboxylic acids is 3. The average molecular weight is 327 g/mol. The van der Waals surface area contributed by atoms with Gasteiger partial charge in [0, 0.05) is 12.8 Å². The topological polar surface area (TPSA) is 158 Å². The van der Waals surface area contributed by atoms with E-state index in [1.165, 1.54) is 12.1 Å². The summed E-state index contributed by atoms with van der Waals surface area (Å²) >= 11 is 0. The zero-order chi connectivity index (χ0) is 17.8. The summed E-state index contributed by atoms with van der Waals surface area (Å²) in [5.74, 6) is -2.60. The lowest BCUT2D eigenvalue weighted by Gasteiger charge is -2.05. The molecule has 1 atom stereocenters. The Morgan fingerprint density at radius 1 is 0.913 bits per heavy atom. The minimum atomic E-state index is -1.02. The van der Waals surface area contributed by atoms with E-state index in [-0.39, 0.29) is 25.0 Å². The van der Waals surface area contributed by atoms with Crippen molar-refractivity contribution in [1.29, 1.82) is 0 Å². The van der Waals surface area contributed by atoms with E-state index in [1.54, 1.807) is 12.1 Å². The van der Waals surface area contributed by atoms with Crippen molar-refractivity contribution in [1.82, 2.24) is 0 Å². The Morgan fingerprint density at radius 3 is 1.70 bits per heavy atom. The van der Waals surface area contributed by atoms with E-state index in [4.69, 9.17) is 26.2 Å². The third-order valence-corrected chi connectivity index (χ3v) is 2.74. The minimum Gasteiger partial charge on any atom is -0.508 e. The van der Waals surface area contributed by atoms with Crippen molar-refractivity contribution in [2.75, 3.05) is 0 Å². The number of carbonyl (C=O) groups is 3. The van der Waals surface area contributed by atoms with Crippen LogP contribution in [0.5, 0.6) is 5.75 Å². The number of aromatic hydroxyl groups is 1. The molecular weight excluding hydrogens is 306 g/mol. The number of carboxylic acid groups (broad SMARTS) is 3. The Bertz CT molecular complexity index is 497. The van der Waals surface area contributed by atoms with E-state index in [9.17, 15) is 14.4 Å². The Balaban J connectivity index is 0.000000438. The molecule has 23 heavy (non-hydrogen) atoms. The maximum Gasteiger partial charge on any atom is 0.320 e. The van der Waals surface area contributed by atoms with Crippen LogP contribution in [0.3, 0.4) is 0 Å². The molecule has 0 aromatic heterocycles. The summed E-state index contributed by atoms with van der Waals surface area (Å²) in [7, 11) is 0. The van der Waals surface area contributed by atoms with E-state index in [2.05, 4.69) is 0 Å². The van der Waals surface area contributed by atoms with Gasteiger partial charge in [0.05, 0.1) is 0 Å². The zero-order valence-electron chi connectivity index (χ0n) is 12.5. The lowest BCUT2D eigenvalue weighted by atomic mass is 10.1. The normalized spacial score (nSPS) is 11.0. The van der Waals surface area contributed by atoms with Crippen LogP contribution in [-0.2, 0) is 20.8 Å². The molecule has 0 aliphatic heterocycles. The first-order valence-electron chi connectivity index (χ1n) is 6.92. The summed E-state index contributed by atoms with van der Waals surface area (Å²) in [6.45, 7) is 0. The number of unbranched alkanes of at least 4 members (excludes halogenated alkanes) is 1. The maximum atomic E-state index is 10.4. The molecule has 0 heterocycles. The minimum absolute atomic E-state index is 0.0628. The van der Waals surface area contributed by atoms with Crippen LogP contribution in [0.1, 0.15) is 31.2 Å². The molecule has 1 aromatic carbocycles. The van der Waals surface area contributed by atoms with Gasteiger partial charge in [0.1, 0.15) is 11.8 Å². The number of rotatable bonds is 8. The van der Waals surface area contributed by atoms with Crippen molar-refractivity contribution in [3.63, 3.8) is 0 Å². The van der Waals surface area contributed by atoms with Gasteiger partial charge in [-0.15, -0.1) is 0 Å². The molecule has 8 nitrogen and oxygen atoms in total. The third kappa shape index (κ3) is 11.7. The van der Waals surface area contributed by atoms with Gasteiger partial charge in [-0.05, 0) is 37.0 Å². The van der Waals surface area contributed by atoms with Crippen LogP contribution in [0.25, 0.3) is 0 Å². The van der Waals surface area contributed by atoms with Crippen molar-refractivity contribution in [2.45, 2.75) is 38.1 Å². The lowest BCUT2D eigenvalue weighted by Crippen LogP contribution is -2.32. The molecule has 0 saturated carbocycles. The van der Waals surface area contributed by atoms with Crippen molar-refractivity contribution < 1.29 is 34.8 Å². The van der Waals surface area contributed by atoms with Gasteiger partial charge >= 0.3 is 17.9 Å². The molecule has 128 valence electrons. The first-order valence-corrected chi connectivity index (χ1v) is 6.92.